The van der Waals surface area contributed by atoms with Gasteiger partial charge in [-0.05, 0) is 31.2 Å². The van der Waals surface area contributed by atoms with Crippen LogP contribution >= 0.6 is 23.1 Å². The number of amides is 1. The maximum Gasteiger partial charge on any atom is 0.236 e. The molecule has 0 bridgehead atoms. The molecule has 0 saturated carbocycles. The Balaban J connectivity index is 1.47. The van der Waals surface area contributed by atoms with Crippen molar-refractivity contribution in [3.63, 3.8) is 0 Å². The molecule has 1 N–H and O–H groups in total. The van der Waals surface area contributed by atoms with Crippen molar-refractivity contribution in [3.8, 4) is 17.1 Å². The number of hydrogen-bond donors (Lipinski definition) is 1. The van der Waals surface area contributed by atoms with Crippen LogP contribution in [0.2, 0.25) is 0 Å². The second-order valence-corrected chi connectivity index (χ2v) is 8.05. The van der Waals surface area contributed by atoms with Gasteiger partial charge in [0.15, 0.2) is 16.1 Å². The lowest BCUT2D eigenvalue weighted by molar-refractivity contribution is -0.113. The molecule has 0 aliphatic carbocycles. The van der Waals surface area contributed by atoms with Crippen LogP contribution in [0.25, 0.3) is 21.6 Å². The molecule has 4 rings (SSSR count). The van der Waals surface area contributed by atoms with Crippen LogP contribution in [0.15, 0.2) is 53.7 Å². The summed E-state index contributed by atoms with van der Waals surface area (Å²) in [4.78, 5) is 16.8. The number of para-hydroxylation sites is 2. The Kier molecular flexibility index (Phi) is 5.77. The second kappa shape index (κ2) is 8.62. The average molecular weight is 426 g/mol. The van der Waals surface area contributed by atoms with Gasteiger partial charge in [-0.3, -0.25) is 4.79 Å². The van der Waals surface area contributed by atoms with Crippen LogP contribution in [0.3, 0.4) is 0 Å². The molecule has 2 aromatic heterocycles. The molecule has 29 heavy (non-hydrogen) atoms. The van der Waals surface area contributed by atoms with E-state index in [4.69, 9.17) is 4.74 Å². The van der Waals surface area contributed by atoms with Crippen LogP contribution in [0.4, 0.5) is 5.13 Å². The average Bonchev–Trinajstić information content (AvgIpc) is 3.35. The predicted molar refractivity (Wildman–Crippen MR) is 117 cm³/mol. The van der Waals surface area contributed by atoms with Gasteiger partial charge in [0.25, 0.3) is 0 Å². The van der Waals surface area contributed by atoms with Crippen LogP contribution in [-0.4, -0.2) is 38.5 Å². The number of anilines is 1. The van der Waals surface area contributed by atoms with E-state index >= 15 is 0 Å². The highest BCUT2D eigenvalue weighted by Gasteiger charge is 2.17. The van der Waals surface area contributed by atoms with E-state index in [0.29, 0.717) is 16.8 Å². The summed E-state index contributed by atoms with van der Waals surface area (Å²) in [6.45, 7) is 2.70. The van der Waals surface area contributed by atoms with Crippen molar-refractivity contribution in [2.24, 2.45) is 0 Å². The Morgan fingerprint density at radius 2 is 1.97 bits per heavy atom. The number of nitrogens with zero attached hydrogens (tertiary/aromatic N) is 4. The van der Waals surface area contributed by atoms with E-state index in [9.17, 15) is 4.79 Å². The Morgan fingerprint density at radius 1 is 1.17 bits per heavy atom. The smallest absolute Gasteiger partial charge is 0.236 e. The molecule has 0 radical (unpaired) electrons. The molecular formula is C20H19N5O2S2. The normalized spacial score (nSPS) is 11.0. The monoisotopic (exact) mass is 425 g/mol. The van der Waals surface area contributed by atoms with Crippen molar-refractivity contribution >= 4 is 44.4 Å². The first-order chi connectivity index (χ1) is 14.2. The number of nitrogens with one attached hydrogen (secondary N) is 1. The van der Waals surface area contributed by atoms with Gasteiger partial charge in [-0.1, -0.05) is 47.4 Å². The lowest BCUT2D eigenvalue weighted by Gasteiger charge is -2.10. The minimum atomic E-state index is -0.126. The number of ether oxygens (including phenoxy) is 1. The Labute approximate surface area is 176 Å². The van der Waals surface area contributed by atoms with Crippen molar-refractivity contribution in [1.82, 2.24) is 19.7 Å². The first kappa shape index (κ1) is 19.4. The highest BCUT2D eigenvalue weighted by molar-refractivity contribution is 7.99. The molecule has 0 spiro atoms. The molecular weight excluding hydrogens is 406 g/mol. The SMILES string of the molecule is CCn1c(SCC(=O)Nc2nc3ccccc3s2)nnc1-c1ccccc1OC. The highest BCUT2D eigenvalue weighted by atomic mass is 32.2. The summed E-state index contributed by atoms with van der Waals surface area (Å²) in [5.41, 5.74) is 1.75. The molecule has 0 fully saturated rings. The van der Waals surface area contributed by atoms with E-state index in [0.717, 1.165) is 27.4 Å². The summed E-state index contributed by atoms with van der Waals surface area (Å²) in [7, 11) is 1.63. The zero-order valence-electron chi connectivity index (χ0n) is 16.0. The lowest BCUT2D eigenvalue weighted by Crippen LogP contribution is -2.14. The van der Waals surface area contributed by atoms with Gasteiger partial charge in [-0.25, -0.2) is 4.98 Å². The fourth-order valence-electron chi connectivity index (χ4n) is 2.92. The summed E-state index contributed by atoms with van der Waals surface area (Å²) < 4.78 is 8.46. The number of rotatable bonds is 7. The molecule has 0 saturated heterocycles. The molecule has 0 aliphatic heterocycles. The number of hydrogen-bond acceptors (Lipinski definition) is 7. The van der Waals surface area contributed by atoms with Gasteiger partial charge in [-0.15, -0.1) is 10.2 Å². The van der Waals surface area contributed by atoms with Crippen LogP contribution in [0.5, 0.6) is 5.75 Å². The number of carbonyl (C=O) groups is 1. The molecule has 0 aliphatic rings. The molecule has 1 amide bonds. The van der Waals surface area contributed by atoms with Crippen LogP contribution < -0.4 is 10.1 Å². The standard InChI is InChI=1S/C20H19N5O2S2/c1-3-25-18(13-8-4-6-10-15(13)27-2)23-24-20(25)28-12-17(26)22-19-21-14-9-5-7-11-16(14)29-19/h4-11H,3,12H2,1-2H3,(H,21,22,26). The van der Waals surface area contributed by atoms with Gasteiger partial charge < -0.3 is 14.6 Å². The Morgan fingerprint density at radius 3 is 2.76 bits per heavy atom. The van der Waals surface area contributed by atoms with Crippen molar-refractivity contribution in [2.45, 2.75) is 18.6 Å². The van der Waals surface area contributed by atoms with E-state index in [1.54, 1.807) is 7.11 Å². The quantitative estimate of drug-likeness (QED) is 0.444. The van der Waals surface area contributed by atoms with E-state index in [2.05, 4.69) is 20.5 Å². The number of benzene rings is 2. The van der Waals surface area contributed by atoms with Gasteiger partial charge in [0.05, 0.1) is 28.6 Å². The third-order valence-corrected chi connectivity index (χ3v) is 6.17. The summed E-state index contributed by atoms with van der Waals surface area (Å²) in [5, 5.41) is 12.8. The van der Waals surface area contributed by atoms with Crippen molar-refractivity contribution < 1.29 is 9.53 Å². The minimum absolute atomic E-state index is 0.126. The van der Waals surface area contributed by atoms with Gasteiger partial charge in [0.1, 0.15) is 5.75 Å². The van der Waals surface area contributed by atoms with Gasteiger partial charge in [0, 0.05) is 6.54 Å². The third-order valence-electron chi connectivity index (χ3n) is 4.25. The van der Waals surface area contributed by atoms with E-state index in [-0.39, 0.29) is 11.7 Å². The number of methoxy groups -OCH3 is 1. The zero-order valence-corrected chi connectivity index (χ0v) is 17.6. The van der Waals surface area contributed by atoms with Gasteiger partial charge >= 0.3 is 0 Å². The highest BCUT2D eigenvalue weighted by Crippen LogP contribution is 2.31. The molecule has 0 atom stereocenters. The third kappa shape index (κ3) is 4.10. The molecule has 0 unspecified atom stereocenters. The number of thioether (sulfide) groups is 1. The van der Waals surface area contributed by atoms with Crippen LogP contribution in [0.1, 0.15) is 6.92 Å². The summed E-state index contributed by atoms with van der Waals surface area (Å²) in [6, 6.07) is 15.5. The van der Waals surface area contributed by atoms with Crippen LogP contribution in [-0.2, 0) is 11.3 Å². The summed E-state index contributed by atoms with van der Waals surface area (Å²) >= 11 is 2.81. The molecule has 2 aromatic carbocycles. The maximum atomic E-state index is 12.4. The fourth-order valence-corrected chi connectivity index (χ4v) is 4.60. The number of aromatic nitrogens is 4. The van der Waals surface area contributed by atoms with Gasteiger partial charge in [0.2, 0.25) is 5.91 Å². The van der Waals surface area contributed by atoms with E-state index in [1.165, 1.54) is 23.1 Å². The lowest BCUT2D eigenvalue weighted by atomic mass is 10.2. The number of fused-ring (bicyclic) bond motifs is 1. The van der Waals surface area contributed by atoms with Crippen LogP contribution in [0, 0.1) is 0 Å². The van der Waals surface area contributed by atoms with E-state index < -0.39 is 0 Å². The first-order valence-electron chi connectivity index (χ1n) is 9.04. The molecule has 9 heteroatoms. The second-order valence-electron chi connectivity index (χ2n) is 6.07. The molecule has 7 nitrogen and oxygen atoms in total. The maximum absolute atomic E-state index is 12.4. The predicted octanol–water partition coefficient (Wildman–Crippen LogP) is 4.31. The minimum Gasteiger partial charge on any atom is -0.496 e. The summed E-state index contributed by atoms with van der Waals surface area (Å²) in [6.07, 6.45) is 0. The first-order valence-corrected chi connectivity index (χ1v) is 10.8. The van der Waals surface area contributed by atoms with Gasteiger partial charge in [-0.2, -0.15) is 0 Å². The molecule has 148 valence electrons. The van der Waals surface area contributed by atoms with Crippen molar-refractivity contribution in [1.29, 1.82) is 0 Å². The molecule has 2 heterocycles. The summed E-state index contributed by atoms with van der Waals surface area (Å²) in [5.74, 6) is 1.55. The Bertz CT molecular complexity index is 1120. The number of carbonyl (C=O) groups excluding carboxylic acids is 1. The van der Waals surface area contributed by atoms with Crippen molar-refractivity contribution in [2.75, 3.05) is 18.2 Å². The number of thiazole rings is 1. The zero-order chi connectivity index (χ0) is 20.2. The molecule has 4 aromatic rings. The largest absolute Gasteiger partial charge is 0.496 e. The fraction of sp³-hybridized carbons (Fsp3) is 0.200. The topological polar surface area (TPSA) is 81.9 Å². The van der Waals surface area contributed by atoms with E-state index in [1.807, 2.05) is 60.0 Å². The Hall–Kier alpha value is -2.91. The van der Waals surface area contributed by atoms with Crippen molar-refractivity contribution in [3.05, 3.63) is 48.5 Å².